The summed E-state index contributed by atoms with van der Waals surface area (Å²) in [6, 6.07) is 0. The Kier molecular flexibility index (Phi) is 39.5. The standard InChI is InChI=1S/C12H26.2ClH.H3N/c1-3-5-7-9-11-12-10-8-6-4-2;;;/h3-12H2,1-2H3;2*1H;1H3. The molecule has 0 aromatic rings. The molecule has 3 N–H and O–H groups in total. The van der Waals surface area contributed by atoms with Crippen LogP contribution in [0.1, 0.15) is 78.1 Å². The first-order valence-corrected chi connectivity index (χ1v) is 5.91. The van der Waals surface area contributed by atoms with Gasteiger partial charge < -0.3 is 6.15 Å². The first-order valence-electron chi connectivity index (χ1n) is 5.91. The quantitative estimate of drug-likeness (QED) is 0.512. The minimum atomic E-state index is 0. The minimum Gasteiger partial charge on any atom is -0.344 e. The Bertz CT molecular complexity index is 70.0. The largest absolute Gasteiger partial charge is 0.344 e. The molecule has 0 spiro atoms. The summed E-state index contributed by atoms with van der Waals surface area (Å²) < 4.78 is 0. The van der Waals surface area contributed by atoms with Crippen molar-refractivity contribution in [1.82, 2.24) is 6.15 Å². The van der Waals surface area contributed by atoms with Crippen molar-refractivity contribution >= 4 is 24.8 Å². The number of hydrogen-bond donors (Lipinski definition) is 1. The summed E-state index contributed by atoms with van der Waals surface area (Å²) in [7, 11) is 0. The highest BCUT2D eigenvalue weighted by molar-refractivity contribution is 5.85. The average molecular weight is 260 g/mol. The van der Waals surface area contributed by atoms with E-state index in [4.69, 9.17) is 0 Å². The fourth-order valence-electron chi connectivity index (χ4n) is 1.56. The highest BCUT2D eigenvalue weighted by Crippen LogP contribution is 2.09. The first-order chi connectivity index (χ1) is 5.91. The number of hydrogen-bond acceptors (Lipinski definition) is 1. The van der Waals surface area contributed by atoms with Crippen LogP contribution in [0.4, 0.5) is 0 Å². The van der Waals surface area contributed by atoms with Crippen molar-refractivity contribution in [2.24, 2.45) is 0 Å². The molecule has 0 saturated carbocycles. The Morgan fingerprint density at radius 1 is 0.467 bits per heavy atom. The second-order valence-corrected chi connectivity index (χ2v) is 3.83. The Morgan fingerprint density at radius 3 is 0.867 bits per heavy atom. The topological polar surface area (TPSA) is 35.0 Å². The summed E-state index contributed by atoms with van der Waals surface area (Å²) in [5, 5.41) is 0. The maximum absolute atomic E-state index is 2.28. The summed E-state index contributed by atoms with van der Waals surface area (Å²) in [4.78, 5) is 0. The number of unbranched alkanes of at least 4 members (excludes halogenated alkanes) is 9. The number of halogens is 2. The lowest BCUT2D eigenvalue weighted by atomic mass is 10.1. The smallest absolute Gasteiger partial charge is 0.0533 e. The molecule has 0 aromatic heterocycles. The molecule has 0 unspecified atom stereocenters. The molecule has 0 heterocycles. The van der Waals surface area contributed by atoms with E-state index in [1.807, 2.05) is 0 Å². The van der Waals surface area contributed by atoms with Crippen molar-refractivity contribution in [3.8, 4) is 0 Å². The zero-order valence-electron chi connectivity index (χ0n) is 10.6. The van der Waals surface area contributed by atoms with Gasteiger partial charge in [-0.3, -0.25) is 0 Å². The van der Waals surface area contributed by atoms with Crippen LogP contribution in [0, 0.1) is 0 Å². The second-order valence-electron chi connectivity index (χ2n) is 3.83. The van der Waals surface area contributed by atoms with Crippen molar-refractivity contribution in [3.63, 3.8) is 0 Å². The van der Waals surface area contributed by atoms with Crippen LogP contribution in [0.2, 0.25) is 0 Å². The second kappa shape index (κ2) is 24.0. The van der Waals surface area contributed by atoms with Gasteiger partial charge in [0.15, 0.2) is 0 Å². The van der Waals surface area contributed by atoms with Gasteiger partial charge in [-0.2, -0.15) is 0 Å². The van der Waals surface area contributed by atoms with Gasteiger partial charge in [0.2, 0.25) is 0 Å². The highest BCUT2D eigenvalue weighted by Gasteiger charge is 1.90. The summed E-state index contributed by atoms with van der Waals surface area (Å²) in [5.41, 5.74) is 0. The molecule has 0 amide bonds. The van der Waals surface area contributed by atoms with Gasteiger partial charge in [-0.05, 0) is 0 Å². The number of rotatable bonds is 9. The fraction of sp³-hybridized carbons (Fsp3) is 1.00. The monoisotopic (exact) mass is 259 g/mol. The Hall–Kier alpha value is 0.540. The molecule has 0 rings (SSSR count). The van der Waals surface area contributed by atoms with E-state index in [2.05, 4.69) is 13.8 Å². The Labute approximate surface area is 109 Å². The summed E-state index contributed by atoms with van der Waals surface area (Å²) in [6.45, 7) is 4.56. The van der Waals surface area contributed by atoms with Crippen LogP contribution in [-0.2, 0) is 0 Å². The fourth-order valence-corrected chi connectivity index (χ4v) is 1.56. The van der Waals surface area contributed by atoms with Gasteiger partial charge >= 0.3 is 0 Å². The molecule has 15 heavy (non-hydrogen) atoms. The van der Waals surface area contributed by atoms with Crippen LogP contribution in [-0.4, -0.2) is 0 Å². The van der Waals surface area contributed by atoms with E-state index in [9.17, 15) is 0 Å². The third kappa shape index (κ3) is 25.1. The summed E-state index contributed by atoms with van der Waals surface area (Å²) >= 11 is 0. The van der Waals surface area contributed by atoms with E-state index < -0.39 is 0 Å². The van der Waals surface area contributed by atoms with Crippen LogP contribution in [0.15, 0.2) is 0 Å². The zero-order chi connectivity index (χ0) is 9.07. The van der Waals surface area contributed by atoms with Crippen LogP contribution < -0.4 is 6.15 Å². The zero-order valence-corrected chi connectivity index (χ0v) is 12.2. The molecule has 0 aromatic carbocycles. The Balaban J connectivity index is -0.000000202. The third-order valence-electron chi connectivity index (χ3n) is 2.46. The molecular weight excluding hydrogens is 229 g/mol. The highest BCUT2D eigenvalue weighted by atomic mass is 35.5. The van der Waals surface area contributed by atoms with E-state index >= 15 is 0 Å². The molecule has 0 aliphatic heterocycles. The lowest BCUT2D eigenvalue weighted by Gasteiger charge is -1.99. The maximum Gasteiger partial charge on any atom is -0.0533 e. The molecule has 1 nitrogen and oxygen atoms in total. The van der Waals surface area contributed by atoms with E-state index in [0.29, 0.717) is 0 Å². The molecule has 98 valence electrons. The van der Waals surface area contributed by atoms with Crippen molar-refractivity contribution in [2.45, 2.75) is 78.1 Å². The van der Waals surface area contributed by atoms with Crippen molar-refractivity contribution in [2.75, 3.05) is 0 Å². The molecule has 0 radical (unpaired) electrons. The summed E-state index contributed by atoms with van der Waals surface area (Å²) in [5.74, 6) is 0. The van der Waals surface area contributed by atoms with E-state index in [0.717, 1.165) is 0 Å². The van der Waals surface area contributed by atoms with Crippen LogP contribution in [0.5, 0.6) is 0 Å². The van der Waals surface area contributed by atoms with Gasteiger partial charge in [-0.15, -0.1) is 24.8 Å². The van der Waals surface area contributed by atoms with Gasteiger partial charge in [0.25, 0.3) is 0 Å². The minimum absolute atomic E-state index is 0. The van der Waals surface area contributed by atoms with Crippen LogP contribution >= 0.6 is 24.8 Å². The van der Waals surface area contributed by atoms with Crippen molar-refractivity contribution in [3.05, 3.63) is 0 Å². The van der Waals surface area contributed by atoms with Crippen molar-refractivity contribution in [1.29, 1.82) is 0 Å². The molecule has 0 bridgehead atoms. The van der Waals surface area contributed by atoms with Gasteiger partial charge in [0.05, 0.1) is 0 Å². The SMILES string of the molecule is CCCCCCCCCCCC.Cl.Cl.N. The van der Waals surface area contributed by atoms with Crippen LogP contribution in [0.25, 0.3) is 0 Å². The molecule has 3 heteroatoms. The first kappa shape index (κ1) is 24.7. The summed E-state index contributed by atoms with van der Waals surface area (Å²) in [6.07, 6.45) is 14.4. The molecular formula is C12H31Cl2N. The van der Waals surface area contributed by atoms with Gasteiger partial charge in [-0.25, -0.2) is 0 Å². The van der Waals surface area contributed by atoms with Crippen LogP contribution in [0.3, 0.4) is 0 Å². The molecule has 0 atom stereocenters. The third-order valence-corrected chi connectivity index (χ3v) is 2.46. The maximum atomic E-state index is 2.28. The van der Waals surface area contributed by atoms with E-state index in [1.165, 1.54) is 64.2 Å². The molecule has 0 aliphatic carbocycles. The molecule has 0 aliphatic rings. The van der Waals surface area contributed by atoms with Gasteiger partial charge in [-0.1, -0.05) is 78.1 Å². The predicted octanol–water partition coefficient (Wildman–Crippen LogP) is 5.93. The normalized spacial score (nSPS) is 8.40. The average Bonchev–Trinajstić information content (AvgIpc) is 2.10. The predicted molar refractivity (Wildman–Crippen MR) is 77.0 cm³/mol. The Morgan fingerprint density at radius 2 is 0.667 bits per heavy atom. The lowest BCUT2D eigenvalue weighted by molar-refractivity contribution is 0.562. The van der Waals surface area contributed by atoms with Gasteiger partial charge in [0, 0.05) is 0 Å². The van der Waals surface area contributed by atoms with E-state index in [1.54, 1.807) is 0 Å². The van der Waals surface area contributed by atoms with Gasteiger partial charge in [0.1, 0.15) is 0 Å². The van der Waals surface area contributed by atoms with E-state index in [-0.39, 0.29) is 31.0 Å². The lowest BCUT2D eigenvalue weighted by Crippen LogP contribution is -1.80. The molecule has 0 saturated heterocycles. The molecule has 0 fully saturated rings. The van der Waals surface area contributed by atoms with Crippen molar-refractivity contribution < 1.29 is 0 Å².